The number of aromatic nitrogens is 2. The summed E-state index contributed by atoms with van der Waals surface area (Å²) in [5.41, 5.74) is 1.81. The fourth-order valence-electron chi connectivity index (χ4n) is 1.86. The Balaban J connectivity index is 1.96. The standard InChI is InChI=1S/C15H18FN3O2/c1-3-13(21-14-7-5-4-6-11(14)16)15(20)17-9-12-10(2)8-18-19-12/h4-8,13H,3,9H2,1-2H3,(H,17,20)(H,18,19). The van der Waals surface area contributed by atoms with Crippen molar-refractivity contribution in [3.63, 3.8) is 0 Å². The third-order valence-electron chi connectivity index (χ3n) is 3.14. The molecule has 0 aliphatic rings. The molecule has 2 N–H and O–H groups in total. The first-order valence-electron chi connectivity index (χ1n) is 6.79. The van der Waals surface area contributed by atoms with E-state index in [9.17, 15) is 9.18 Å². The summed E-state index contributed by atoms with van der Waals surface area (Å²) in [5.74, 6) is -0.680. The molecule has 6 heteroatoms. The lowest BCUT2D eigenvalue weighted by molar-refractivity contribution is -0.128. The number of carbonyl (C=O) groups excluding carboxylic acids is 1. The van der Waals surface area contributed by atoms with E-state index in [0.29, 0.717) is 13.0 Å². The average Bonchev–Trinajstić information content (AvgIpc) is 2.89. The number of hydrogen-bond acceptors (Lipinski definition) is 3. The van der Waals surface area contributed by atoms with Crippen molar-refractivity contribution in [1.82, 2.24) is 15.5 Å². The molecule has 0 aliphatic heterocycles. The number of carbonyl (C=O) groups is 1. The van der Waals surface area contributed by atoms with E-state index in [4.69, 9.17) is 4.74 Å². The normalized spacial score (nSPS) is 12.0. The van der Waals surface area contributed by atoms with E-state index in [1.807, 2.05) is 13.8 Å². The van der Waals surface area contributed by atoms with Gasteiger partial charge in [0.25, 0.3) is 5.91 Å². The number of nitrogens with one attached hydrogen (secondary N) is 2. The van der Waals surface area contributed by atoms with Gasteiger partial charge >= 0.3 is 0 Å². The van der Waals surface area contributed by atoms with Crippen molar-refractivity contribution < 1.29 is 13.9 Å². The number of H-pyrrole nitrogens is 1. The van der Waals surface area contributed by atoms with E-state index < -0.39 is 11.9 Å². The SMILES string of the molecule is CCC(Oc1ccccc1F)C(=O)NCc1[nH]ncc1C. The molecule has 1 aromatic heterocycles. The van der Waals surface area contributed by atoms with Crippen molar-refractivity contribution in [2.75, 3.05) is 0 Å². The van der Waals surface area contributed by atoms with Gasteiger partial charge in [-0.3, -0.25) is 9.89 Å². The molecule has 1 amide bonds. The summed E-state index contributed by atoms with van der Waals surface area (Å²) in [6, 6.07) is 6.04. The summed E-state index contributed by atoms with van der Waals surface area (Å²) >= 11 is 0. The maximum Gasteiger partial charge on any atom is 0.261 e. The van der Waals surface area contributed by atoms with Gasteiger partial charge in [0.15, 0.2) is 17.7 Å². The zero-order valence-electron chi connectivity index (χ0n) is 12.0. The summed E-state index contributed by atoms with van der Waals surface area (Å²) in [7, 11) is 0. The highest BCUT2D eigenvalue weighted by molar-refractivity contribution is 5.81. The Morgan fingerprint density at radius 3 is 2.86 bits per heavy atom. The van der Waals surface area contributed by atoms with E-state index in [2.05, 4.69) is 15.5 Å². The molecule has 0 spiro atoms. The minimum Gasteiger partial charge on any atom is -0.478 e. The number of ether oxygens (including phenoxy) is 1. The van der Waals surface area contributed by atoms with Gasteiger partial charge in [-0.2, -0.15) is 5.10 Å². The zero-order valence-corrected chi connectivity index (χ0v) is 12.0. The summed E-state index contributed by atoms with van der Waals surface area (Å²) in [5, 5.41) is 9.46. The minimum atomic E-state index is -0.731. The third-order valence-corrected chi connectivity index (χ3v) is 3.14. The molecule has 0 radical (unpaired) electrons. The van der Waals surface area contributed by atoms with Crippen LogP contribution in [0, 0.1) is 12.7 Å². The molecule has 5 nitrogen and oxygen atoms in total. The van der Waals surface area contributed by atoms with Crippen LogP contribution in [0.2, 0.25) is 0 Å². The first-order valence-corrected chi connectivity index (χ1v) is 6.79. The Morgan fingerprint density at radius 2 is 2.24 bits per heavy atom. The molecular weight excluding hydrogens is 273 g/mol. The molecule has 112 valence electrons. The van der Waals surface area contributed by atoms with Crippen LogP contribution < -0.4 is 10.1 Å². The van der Waals surface area contributed by atoms with E-state index in [0.717, 1.165) is 11.3 Å². The Bertz CT molecular complexity index is 612. The van der Waals surface area contributed by atoms with Gasteiger partial charge in [0.1, 0.15) is 0 Å². The molecule has 2 rings (SSSR count). The van der Waals surface area contributed by atoms with E-state index in [-0.39, 0.29) is 11.7 Å². The molecule has 21 heavy (non-hydrogen) atoms. The molecule has 0 fully saturated rings. The van der Waals surface area contributed by atoms with E-state index in [1.165, 1.54) is 12.1 Å². The predicted molar refractivity (Wildman–Crippen MR) is 76.3 cm³/mol. The number of rotatable bonds is 6. The summed E-state index contributed by atoms with van der Waals surface area (Å²) in [6.07, 6.45) is 1.40. The molecule has 0 saturated carbocycles. The molecule has 0 saturated heterocycles. The number of benzene rings is 1. The van der Waals surface area contributed by atoms with E-state index >= 15 is 0 Å². The monoisotopic (exact) mass is 291 g/mol. The van der Waals surface area contributed by atoms with Crippen LogP contribution in [0.4, 0.5) is 4.39 Å². The van der Waals surface area contributed by atoms with Crippen LogP contribution in [-0.4, -0.2) is 22.2 Å². The van der Waals surface area contributed by atoms with Crippen molar-refractivity contribution >= 4 is 5.91 Å². The van der Waals surface area contributed by atoms with Gasteiger partial charge in [-0.25, -0.2) is 4.39 Å². The minimum absolute atomic E-state index is 0.0808. The average molecular weight is 291 g/mol. The smallest absolute Gasteiger partial charge is 0.261 e. The van der Waals surface area contributed by atoms with Crippen molar-refractivity contribution in [2.24, 2.45) is 0 Å². The zero-order chi connectivity index (χ0) is 15.2. The number of amides is 1. The van der Waals surface area contributed by atoms with Crippen LogP contribution in [0.5, 0.6) is 5.75 Å². The lowest BCUT2D eigenvalue weighted by Crippen LogP contribution is -2.38. The van der Waals surface area contributed by atoms with E-state index in [1.54, 1.807) is 18.3 Å². The Kier molecular flexibility index (Phi) is 4.92. The fourth-order valence-corrected chi connectivity index (χ4v) is 1.86. The highest BCUT2D eigenvalue weighted by Crippen LogP contribution is 2.18. The molecule has 0 aliphatic carbocycles. The second-order valence-electron chi connectivity index (χ2n) is 4.69. The van der Waals surface area contributed by atoms with Gasteiger partial charge in [-0.05, 0) is 31.0 Å². The number of halogens is 1. The molecule has 2 aromatic rings. The van der Waals surface area contributed by atoms with Gasteiger partial charge in [0, 0.05) is 0 Å². The number of aryl methyl sites for hydroxylation is 1. The summed E-state index contributed by atoms with van der Waals surface area (Å²) in [4.78, 5) is 12.1. The number of aromatic amines is 1. The highest BCUT2D eigenvalue weighted by atomic mass is 19.1. The van der Waals surface area contributed by atoms with Gasteiger partial charge in [-0.1, -0.05) is 19.1 Å². The Morgan fingerprint density at radius 1 is 1.48 bits per heavy atom. The predicted octanol–water partition coefficient (Wildman–Crippen LogP) is 2.33. The lowest BCUT2D eigenvalue weighted by atomic mass is 10.2. The Hall–Kier alpha value is -2.37. The topological polar surface area (TPSA) is 67.0 Å². The van der Waals surface area contributed by atoms with Crippen molar-refractivity contribution in [3.05, 3.63) is 47.5 Å². The third kappa shape index (κ3) is 3.81. The quantitative estimate of drug-likeness (QED) is 0.858. The van der Waals surface area contributed by atoms with Gasteiger partial charge in [-0.15, -0.1) is 0 Å². The number of hydrogen-bond donors (Lipinski definition) is 2. The summed E-state index contributed by atoms with van der Waals surface area (Å²) < 4.78 is 19.0. The molecule has 1 heterocycles. The van der Waals surface area contributed by atoms with Gasteiger partial charge in [0.2, 0.25) is 0 Å². The second kappa shape index (κ2) is 6.88. The number of para-hydroxylation sites is 1. The Labute approximate surface area is 122 Å². The second-order valence-corrected chi connectivity index (χ2v) is 4.69. The number of nitrogens with zero attached hydrogens (tertiary/aromatic N) is 1. The molecule has 1 aromatic carbocycles. The van der Waals surface area contributed by atoms with Crippen LogP contribution >= 0.6 is 0 Å². The van der Waals surface area contributed by atoms with Crippen molar-refractivity contribution in [1.29, 1.82) is 0 Å². The molecule has 1 atom stereocenters. The van der Waals surface area contributed by atoms with Crippen LogP contribution in [0.15, 0.2) is 30.5 Å². The van der Waals surface area contributed by atoms with Gasteiger partial charge in [0.05, 0.1) is 18.4 Å². The highest BCUT2D eigenvalue weighted by Gasteiger charge is 2.19. The van der Waals surface area contributed by atoms with Crippen LogP contribution in [0.3, 0.4) is 0 Å². The van der Waals surface area contributed by atoms with Crippen molar-refractivity contribution in [2.45, 2.75) is 32.9 Å². The molecule has 0 bridgehead atoms. The van der Waals surface area contributed by atoms with Crippen LogP contribution in [-0.2, 0) is 11.3 Å². The molecular formula is C15H18FN3O2. The largest absolute Gasteiger partial charge is 0.478 e. The van der Waals surface area contributed by atoms with Crippen molar-refractivity contribution in [3.8, 4) is 5.75 Å². The molecule has 1 unspecified atom stereocenters. The first-order chi connectivity index (χ1) is 10.1. The maximum atomic E-state index is 13.5. The first kappa shape index (κ1) is 15.0. The maximum absolute atomic E-state index is 13.5. The van der Waals surface area contributed by atoms with Gasteiger partial charge < -0.3 is 10.1 Å². The van der Waals surface area contributed by atoms with Crippen LogP contribution in [0.1, 0.15) is 24.6 Å². The lowest BCUT2D eigenvalue weighted by Gasteiger charge is -2.17. The van der Waals surface area contributed by atoms with Crippen LogP contribution in [0.25, 0.3) is 0 Å². The summed E-state index contributed by atoms with van der Waals surface area (Å²) in [6.45, 7) is 4.05. The fraction of sp³-hybridized carbons (Fsp3) is 0.333.